The number of hydrogen-bond donors (Lipinski definition) is 2. The molecule has 0 aliphatic carbocycles. The summed E-state index contributed by atoms with van der Waals surface area (Å²) in [5.74, 6) is 0.566. The predicted molar refractivity (Wildman–Crippen MR) is 58.8 cm³/mol. The van der Waals surface area contributed by atoms with Crippen molar-refractivity contribution < 1.29 is 0 Å². The summed E-state index contributed by atoms with van der Waals surface area (Å²) < 4.78 is 1.75. The normalized spacial score (nSPS) is 13.4. The van der Waals surface area contributed by atoms with Gasteiger partial charge in [0.05, 0.1) is 11.9 Å². The Bertz CT molecular complexity index is 291. The molecule has 0 saturated carbocycles. The van der Waals surface area contributed by atoms with E-state index in [1.165, 1.54) is 0 Å². The molecule has 0 aliphatic heterocycles. The van der Waals surface area contributed by atoms with E-state index in [0.29, 0.717) is 17.5 Å². The topological polar surface area (TPSA) is 73.1 Å². The van der Waals surface area contributed by atoms with E-state index in [1.54, 1.807) is 10.9 Å². The summed E-state index contributed by atoms with van der Waals surface area (Å²) in [5.41, 5.74) is 11.9. The van der Waals surface area contributed by atoms with Gasteiger partial charge in [-0.3, -0.25) is 0 Å². The van der Waals surface area contributed by atoms with Crippen LogP contribution in [0.2, 0.25) is 0 Å². The third-order valence-electron chi connectivity index (χ3n) is 2.55. The molecule has 1 heterocycles. The molecular weight excluding hydrogens is 178 g/mol. The van der Waals surface area contributed by atoms with Crippen LogP contribution >= 0.6 is 0 Å². The van der Waals surface area contributed by atoms with Crippen LogP contribution in [0.1, 0.15) is 13.3 Å². The first-order valence-corrected chi connectivity index (χ1v) is 4.75. The first-order chi connectivity index (χ1) is 6.52. The molecule has 1 atom stereocenters. The number of aromatic nitrogens is 2. The van der Waals surface area contributed by atoms with Crippen molar-refractivity contribution in [1.82, 2.24) is 14.7 Å². The molecular formula is C9H19N5. The highest BCUT2D eigenvalue weighted by atomic mass is 15.3. The van der Waals surface area contributed by atoms with E-state index in [9.17, 15) is 0 Å². The van der Waals surface area contributed by atoms with Gasteiger partial charge in [-0.25, -0.2) is 4.68 Å². The standard InChI is InChI=1S/C9H19N5/c1-7(13(2)3)4-5-14-9(11)8(10)6-12-14/h6-7H,4-5,10-11H2,1-3H3. The molecule has 80 valence electrons. The van der Waals surface area contributed by atoms with Gasteiger partial charge in [0, 0.05) is 12.6 Å². The van der Waals surface area contributed by atoms with Gasteiger partial charge in [0.2, 0.25) is 0 Å². The molecule has 14 heavy (non-hydrogen) atoms. The van der Waals surface area contributed by atoms with Crippen LogP contribution in [0.15, 0.2) is 6.20 Å². The van der Waals surface area contributed by atoms with Crippen LogP contribution in [-0.4, -0.2) is 34.8 Å². The predicted octanol–water partition coefficient (Wildman–Crippen LogP) is 0.388. The minimum absolute atomic E-state index is 0.514. The van der Waals surface area contributed by atoms with Crippen LogP contribution in [0, 0.1) is 0 Å². The lowest BCUT2D eigenvalue weighted by Gasteiger charge is -2.19. The van der Waals surface area contributed by atoms with Crippen molar-refractivity contribution >= 4 is 11.5 Å². The highest BCUT2D eigenvalue weighted by molar-refractivity contribution is 5.56. The molecule has 0 fully saturated rings. The van der Waals surface area contributed by atoms with Gasteiger partial charge in [0.25, 0.3) is 0 Å². The first-order valence-electron chi connectivity index (χ1n) is 4.75. The lowest BCUT2D eigenvalue weighted by atomic mass is 10.2. The van der Waals surface area contributed by atoms with Crippen LogP contribution in [0.5, 0.6) is 0 Å². The number of nitrogens with two attached hydrogens (primary N) is 2. The minimum Gasteiger partial charge on any atom is -0.394 e. The summed E-state index contributed by atoms with van der Waals surface area (Å²) >= 11 is 0. The molecule has 0 radical (unpaired) electrons. The second-order valence-corrected chi connectivity index (χ2v) is 3.81. The monoisotopic (exact) mass is 197 g/mol. The Morgan fingerprint density at radius 2 is 2.14 bits per heavy atom. The second kappa shape index (κ2) is 4.32. The molecule has 0 spiro atoms. The molecule has 5 heteroatoms. The van der Waals surface area contributed by atoms with Crippen LogP contribution in [0.25, 0.3) is 0 Å². The van der Waals surface area contributed by atoms with E-state index in [4.69, 9.17) is 11.5 Å². The van der Waals surface area contributed by atoms with E-state index in [2.05, 4.69) is 31.0 Å². The van der Waals surface area contributed by atoms with E-state index >= 15 is 0 Å². The van der Waals surface area contributed by atoms with Crippen LogP contribution in [-0.2, 0) is 6.54 Å². The fourth-order valence-corrected chi connectivity index (χ4v) is 1.15. The third-order valence-corrected chi connectivity index (χ3v) is 2.55. The van der Waals surface area contributed by atoms with E-state index in [1.807, 2.05) is 0 Å². The lowest BCUT2D eigenvalue weighted by molar-refractivity contribution is 0.285. The van der Waals surface area contributed by atoms with Gasteiger partial charge in [-0.05, 0) is 27.4 Å². The zero-order valence-electron chi connectivity index (χ0n) is 9.07. The molecule has 0 aromatic carbocycles. The van der Waals surface area contributed by atoms with Crippen molar-refractivity contribution in [2.45, 2.75) is 25.9 Å². The average Bonchev–Trinajstić information content (AvgIpc) is 2.44. The molecule has 5 nitrogen and oxygen atoms in total. The number of aryl methyl sites for hydroxylation is 1. The number of nitrogens with zero attached hydrogens (tertiary/aromatic N) is 3. The summed E-state index contributed by atoms with van der Waals surface area (Å²) in [4.78, 5) is 2.17. The van der Waals surface area contributed by atoms with Crippen molar-refractivity contribution in [2.24, 2.45) is 0 Å². The van der Waals surface area contributed by atoms with Crippen molar-refractivity contribution in [2.75, 3.05) is 25.6 Å². The number of hydrogen-bond acceptors (Lipinski definition) is 4. The fraction of sp³-hybridized carbons (Fsp3) is 0.667. The quantitative estimate of drug-likeness (QED) is 0.732. The van der Waals surface area contributed by atoms with E-state index < -0.39 is 0 Å². The molecule has 0 saturated heterocycles. The Kier molecular flexibility index (Phi) is 3.35. The van der Waals surface area contributed by atoms with Gasteiger partial charge < -0.3 is 16.4 Å². The van der Waals surface area contributed by atoms with Crippen molar-refractivity contribution in [3.05, 3.63) is 6.20 Å². The van der Waals surface area contributed by atoms with Crippen LogP contribution in [0.3, 0.4) is 0 Å². The fourth-order valence-electron chi connectivity index (χ4n) is 1.15. The number of anilines is 2. The Hall–Kier alpha value is -1.23. The Morgan fingerprint density at radius 1 is 1.50 bits per heavy atom. The van der Waals surface area contributed by atoms with Crippen molar-refractivity contribution in [3.63, 3.8) is 0 Å². The Balaban J connectivity index is 2.50. The summed E-state index contributed by atoms with van der Waals surface area (Å²) in [6.45, 7) is 2.98. The SMILES string of the molecule is CC(CCn1ncc(N)c1N)N(C)C. The highest BCUT2D eigenvalue weighted by Crippen LogP contribution is 2.13. The van der Waals surface area contributed by atoms with Crippen molar-refractivity contribution in [3.8, 4) is 0 Å². The van der Waals surface area contributed by atoms with Gasteiger partial charge in [-0.1, -0.05) is 0 Å². The number of nitrogen functional groups attached to an aromatic ring is 2. The van der Waals surface area contributed by atoms with Crippen LogP contribution in [0.4, 0.5) is 11.5 Å². The molecule has 1 aromatic rings. The van der Waals surface area contributed by atoms with Gasteiger partial charge in [0.15, 0.2) is 0 Å². The van der Waals surface area contributed by atoms with Crippen molar-refractivity contribution in [1.29, 1.82) is 0 Å². The number of rotatable bonds is 4. The van der Waals surface area contributed by atoms with Gasteiger partial charge >= 0.3 is 0 Å². The summed E-state index contributed by atoms with van der Waals surface area (Å²) in [6.07, 6.45) is 2.61. The van der Waals surface area contributed by atoms with Gasteiger partial charge in [-0.2, -0.15) is 5.10 Å². The smallest absolute Gasteiger partial charge is 0.145 e. The Morgan fingerprint density at radius 3 is 2.57 bits per heavy atom. The highest BCUT2D eigenvalue weighted by Gasteiger charge is 2.07. The molecule has 0 aliphatic rings. The van der Waals surface area contributed by atoms with E-state index in [0.717, 1.165) is 13.0 Å². The zero-order valence-corrected chi connectivity index (χ0v) is 9.07. The summed E-state index contributed by atoms with van der Waals surface area (Å²) in [7, 11) is 4.12. The van der Waals surface area contributed by atoms with Crippen LogP contribution < -0.4 is 11.5 Å². The average molecular weight is 197 g/mol. The molecule has 1 aromatic heterocycles. The zero-order chi connectivity index (χ0) is 10.7. The molecule has 1 unspecified atom stereocenters. The largest absolute Gasteiger partial charge is 0.394 e. The maximum absolute atomic E-state index is 5.73. The Labute approximate surface area is 84.7 Å². The second-order valence-electron chi connectivity index (χ2n) is 3.81. The maximum Gasteiger partial charge on any atom is 0.145 e. The molecule has 4 N–H and O–H groups in total. The maximum atomic E-state index is 5.73. The molecule has 0 bridgehead atoms. The van der Waals surface area contributed by atoms with Gasteiger partial charge in [-0.15, -0.1) is 0 Å². The third kappa shape index (κ3) is 2.38. The minimum atomic E-state index is 0.514. The summed E-state index contributed by atoms with van der Waals surface area (Å²) in [5, 5.41) is 4.09. The first kappa shape index (κ1) is 10.8. The molecule has 1 rings (SSSR count). The lowest BCUT2D eigenvalue weighted by Crippen LogP contribution is -2.26. The molecule has 0 amide bonds. The van der Waals surface area contributed by atoms with Gasteiger partial charge in [0.1, 0.15) is 5.82 Å². The summed E-state index contributed by atoms with van der Waals surface area (Å²) in [6, 6.07) is 0.514. The van der Waals surface area contributed by atoms with E-state index in [-0.39, 0.29) is 0 Å².